The normalized spacial score (nSPS) is 9.00. The first-order valence-corrected chi connectivity index (χ1v) is 4.36. The van der Waals surface area contributed by atoms with Gasteiger partial charge in [-0.1, -0.05) is 6.58 Å². The van der Waals surface area contributed by atoms with Gasteiger partial charge in [0, 0.05) is 12.6 Å². The van der Waals surface area contributed by atoms with Gasteiger partial charge < -0.3 is 9.47 Å². The lowest BCUT2D eigenvalue weighted by Crippen LogP contribution is -2.34. The van der Waals surface area contributed by atoms with Gasteiger partial charge in [-0.25, -0.2) is 9.59 Å². The Morgan fingerprint density at radius 2 is 2.00 bits per heavy atom. The molecule has 0 fully saturated rings. The first-order valence-electron chi connectivity index (χ1n) is 4.36. The minimum atomic E-state index is -0.562. The van der Waals surface area contributed by atoms with Gasteiger partial charge in [-0.2, -0.15) is 0 Å². The SMILES string of the molecule is C=CC(=O)OCN(CC)C(=O)OCC. The summed E-state index contributed by atoms with van der Waals surface area (Å²) < 4.78 is 9.41. The first-order chi connectivity index (χ1) is 6.65. The molecule has 0 N–H and O–H groups in total. The van der Waals surface area contributed by atoms with Crippen molar-refractivity contribution < 1.29 is 19.1 Å². The Morgan fingerprint density at radius 1 is 1.36 bits per heavy atom. The molecular formula is C9H15NO4. The Hall–Kier alpha value is -1.52. The highest BCUT2D eigenvalue weighted by Gasteiger charge is 2.13. The Kier molecular flexibility index (Phi) is 6.19. The Bertz CT molecular complexity index is 215. The number of esters is 1. The highest BCUT2D eigenvalue weighted by atomic mass is 16.6. The van der Waals surface area contributed by atoms with Gasteiger partial charge in [-0.15, -0.1) is 0 Å². The van der Waals surface area contributed by atoms with Crippen LogP contribution in [0.25, 0.3) is 0 Å². The second-order valence-electron chi connectivity index (χ2n) is 2.35. The fourth-order valence-corrected chi connectivity index (χ4v) is 0.688. The van der Waals surface area contributed by atoms with Crippen LogP contribution in [0.4, 0.5) is 4.79 Å². The lowest BCUT2D eigenvalue weighted by Gasteiger charge is -2.18. The summed E-state index contributed by atoms with van der Waals surface area (Å²) in [6.45, 7) is 7.31. The van der Waals surface area contributed by atoms with Gasteiger partial charge in [0.05, 0.1) is 6.61 Å². The molecule has 80 valence electrons. The van der Waals surface area contributed by atoms with Gasteiger partial charge in [0.15, 0.2) is 6.73 Å². The van der Waals surface area contributed by atoms with Crippen LogP contribution in [0, 0.1) is 0 Å². The topological polar surface area (TPSA) is 55.8 Å². The number of amides is 1. The molecule has 14 heavy (non-hydrogen) atoms. The van der Waals surface area contributed by atoms with Crippen molar-refractivity contribution in [1.29, 1.82) is 0 Å². The van der Waals surface area contributed by atoms with E-state index in [0.717, 1.165) is 6.08 Å². The number of rotatable bonds is 5. The standard InChI is InChI=1S/C9H15NO4/c1-4-8(11)14-7-10(5-2)9(12)13-6-3/h4H,1,5-7H2,2-3H3. The van der Waals surface area contributed by atoms with E-state index in [1.54, 1.807) is 13.8 Å². The monoisotopic (exact) mass is 201 g/mol. The maximum atomic E-state index is 11.2. The fraction of sp³-hybridized carbons (Fsp3) is 0.556. The van der Waals surface area contributed by atoms with Crippen LogP contribution in [0.15, 0.2) is 12.7 Å². The summed E-state index contributed by atoms with van der Waals surface area (Å²) in [5, 5.41) is 0. The Balaban J connectivity index is 3.95. The second-order valence-corrected chi connectivity index (χ2v) is 2.35. The Labute approximate surface area is 83.3 Å². The highest BCUT2D eigenvalue weighted by molar-refractivity contribution is 5.81. The highest BCUT2D eigenvalue weighted by Crippen LogP contribution is 1.94. The largest absolute Gasteiger partial charge is 0.450 e. The van der Waals surface area contributed by atoms with Crippen molar-refractivity contribution in [2.45, 2.75) is 13.8 Å². The van der Waals surface area contributed by atoms with Crippen LogP contribution < -0.4 is 0 Å². The van der Waals surface area contributed by atoms with E-state index >= 15 is 0 Å². The quantitative estimate of drug-likeness (QED) is 0.380. The van der Waals surface area contributed by atoms with Crippen LogP contribution in [-0.4, -0.2) is 36.8 Å². The van der Waals surface area contributed by atoms with Gasteiger partial charge in [-0.05, 0) is 13.8 Å². The van der Waals surface area contributed by atoms with E-state index in [0.29, 0.717) is 13.2 Å². The molecule has 0 aliphatic heterocycles. The molecule has 5 heteroatoms. The van der Waals surface area contributed by atoms with Gasteiger partial charge in [-0.3, -0.25) is 4.90 Å². The number of hydrogen-bond donors (Lipinski definition) is 0. The smallest absolute Gasteiger partial charge is 0.412 e. The van der Waals surface area contributed by atoms with E-state index in [9.17, 15) is 9.59 Å². The Morgan fingerprint density at radius 3 is 2.43 bits per heavy atom. The van der Waals surface area contributed by atoms with Crippen LogP contribution in [0.3, 0.4) is 0 Å². The van der Waals surface area contributed by atoms with Gasteiger partial charge in [0.1, 0.15) is 0 Å². The lowest BCUT2D eigenvalue weighted by atomic mass is 10.6. The van der Waals surface area contributed by atoms with Gasteiger partial charge in [0.2, 0.25) is 0 Å². The minimum absolute atomic E-state index is 0.111. The van der Waals surface area contributed by atoms with Crippen molar-refractivity contribution in [2.75, 3.05) is 19.9 Å². The summed E-state index contributed by atoms with van der Waals surface area (Å²) in [4.78, 5) is 23.1. The minimum Gasteiger partial charge on any atom is -0.450 e. The molecule has 0 rings (SSSR count). The number of carbonyl (C=O) groups excluding carboxylic acids is 2. The number of nitrogens with zero attached hydrogens (tertiary/aromatic N) is 1. The molecule has 0 aliphatic rings. The molecule has 0 aliphatic carbocycles. The third kappa shape index (κ3) is 4.49. The predicted octanol–water partition coefficient (Wildman–Crippen LogP) is 1.15. The van der Waals surface area contributed by atoms with Crippen molar-refractivity contribution in [1.82, 2.24) is 4.90 Å². The average molecular weight is 201 g/mol. The number of carbonyl (C=O) groups is 2. The van der Waals surface area contributed by atoms with Crippen molar-refractivity contribution in [2.24, 2.45) is 0 Å². The van der Waals surface area contributed by atoms with Crippen LogP contribution in [-0.2, 0) is 14.3 Å². The summed E-state index contributed by atoms with van der Waals surface area (Å²) in [6, 6.07) is 0. The summed E-state index contributed by atoms with van der Waals surface area (Å²) in [5.41, 5.74) is 0. The number of hydrogen-bond acceptors (Lipinski definition) is 4. The second kappa shape index (κ2) is 6.94. The molecule has 0 saturated heterocycles. The van der Waals surface area contributed by atoms with Crippen LogP contribution in [0.5, 0.6) is 0 Å². The molecule has 0 saturated carbocycles. The molecule has 5 nitrogen and oxygen atoms in total. The molecule has 0 bridgehead atoms. The van der Waals surface area contributed by atoms with Crippen molar-refractivity contribution in [3.8, 4) is 0 Å². The zero-order chi connectivity index (χ0) is 11.0. The maximum absolute atomic E-state index is 11.2. The van der Waals surface area contributed by atoms with E-state index in [1.165, 1.54) is 4.90 Å². The van der Waals surface area contributed by atoms with E-state index in [4.69, 9.17) is 4.74 Å². The third-order valence-electron chi connectivity index (χ3n) is 1.44. The summed E-state index contributed by atoms with van der Waals surface area (Å²) in [6.07, 6.45) is 0.547. The van der Waals surface area contributed by atoms with Crippen molar-refractivity contribution >= 4 is 12.1 Å². The predicted molar refractivity (Wildman–Crippen MR) is 50.6 cm³/mol. The van der Waals surface area contributed by atoms with Crippen molar-refractivity contribution in [3.05, 3.63) is 12.7 Å². The first kappa shape index (κ1) is 12.5. The summed E-state index contributed by atoms with van der Waals surface area (Å²) >= 11 is 0. The van der Waals surface area contributed by atoms with Crippen LogP contribution in [0.1, 0.15) is 13.8 Å². The molecular weight excluding hydrogens is 186 g/mol. The maximum Gasteiger partial charge on any atom is 0.412 e. The molecule has 0 heterocycles. The van der Waals surface area contributed by atoms with Crippen molar-refractivity contribution in [3.63, 3.8) is 0 Å². The summed E-state index contributed by atoms with van der Waals surface area (Å²) in [5.74, 6) is -0.562. The molecule has 0 unspecified atom stereocenters. The molecule has 1 amide bonds. The molecule has 0 radical (unpaired) electrons. The fourth-order valence-electron chi connectivity index (χ4n) is 0.688. The molecule has 0 aromatic carbocycles. The number of ether oxygens (including phenoxy) is 2. The van der Waals surface area contributed by atoms with Crippen LogP contribution >= 0.6 is 0 Å². The third-order valence-corrected chi connectivity index (χ3v) is 1.44. The van der Waals surface area contributed by atoms with E-state index in [2.05, 4.69) is 11.3 Å². The van der Waals surface area contributed by atoms with Gasteiger partial charge >= 0.3 is 12.1 Å². The molecule has 0 aromatic heterocycles. The lowest BCUT2D eigenvalue weighted by molar-refractivity contribution is -0.141. The van der Waals surface area contributed by atoms with E-state index < -0.39 is 12.1 Å². The van der Waals surface area contributed by atoms with Gasteiger partial charge in [0.25, 0.3) is 0 Å². The molecule has 0 spiro atoms. The zero-order valence-electron chi connectivity index (χ0n) is 8.49. The zero-order valence-corrected chi connectivity index (χ0v) is 8.49. The van der Waals surface area contributed by atoms with E-state index in [-0.39, 0.29) is 6.73 Å². The summed E-state index contributed by atoms with van der Waals surface area (Å²) in [7, 11) is 0. The molecule has 0 aromatic rings. The van der Waals surface area contributed by atoms with Crippen LogP contribution in [0.2, 0.25) is 0 Å². The average Bonchev–Trinajstić information content (AvgIpc) is 2.18. The van der Waals surface area contributed by atoms with E-state index in [1.807, 2.05) is 0 Å². The molecule has 0 atom stereocenters.